The van der Waals surface area contributed by atoms with Crippen molar-refractivity contribution >= 4 is 0 Å². The van der Waals surface area contributed by atoms with Crippen LogP contribution in [0.3, 0.4) is 0 Å². The fraction of sp³-hybridized carbons (Fsp3) is 0.800. The van der Waals surface area contributed by atoms with E-state index < -0.39 is 0 Å². The maximum absolute atomic E-state index is 4.18. The summed E-state index contributed by atoms with van der Waals surface area (Å²) in [5.74, 6) is 0.995. The summed E-state index contributed by atoms with van der Waals surface area (Å²) in [6, 6.07) is 0.401. The molecule has 4 nitrogen and oxygen atoms in total. The van der Waals surface area contributed by atoms with Crippen LogP contribution in [-0.4, -0.2) is 21.3 Å². The highest BCUT2D eigenvalue weighted by Gasteiger charge is 2.25. The molecule has 0 aliphatic rings. The normalized spacial score (nSPS) is 12.4. The van der Waals surface area contributed by atoms with Crippen molar-refractivity contribution < 1.29 is 0 Å². The van der Waals surface area contributed by atoms with Gasteiger partial charge in [-0.1, -0.05) is 6.92 Å². The van der Waals surface area contributed by atoms with Gasteiger partial charge in [-0.15, -0.1) is 10.2 Å². The highest BCUT2D eigenvalue weighted by molar-refractivity contribution is 5.03. The Hall–Kier alpha value is -0.900. The van der Waals surface area contributed by atoms with E-state index >= 15 is 0 Å². The molecule has 1 aromatic heterocycles. The van der Waals surface area contributed by atoms with Gasteiger partial charge >= 0.3 is 0 Å². The Morgan fingerprint density at radius 3 is 2.64 bits per heavy atom. The van der Waals surface area contributed by atoms with E-state index in [9.17, 15) is 0 Å². The predicted molar refractivity (Wildman–Crippen MR) is 57.1 cm³/mol. The molecule has 0 bridgehead atoms. The summed E-state index contributed by atoms with van der Waals surface area (Å²) in [7, 11) is 0. The third-order valence-electron chi connectivity index (χ3n) is 2.31. The van der Waals surface area contributed by atoms with Crippen molar-refractivity contribution in [2.75, 3.05) is 6.54 Å². The first-order valence-corrected chi connectivity index (χ1v) is 5.14. The number of aromatic nitrogens is 3. The Kier molecular flexibility index (Phi) is 3.26. The number of nitrogens with zero attached hydrogens (tertiary/aromatic N) is 3. The quantitative estimate of drug-likeness (QED) is 0.797. The zero-order valence-corrected chi connectivity index (χ0v) is 9.70. The van der Waals surface area contributed by atoms with E-state index in [1.54, 1.807) is 6.33 Å². The van der Waals surface area contributed by atoms with Crippen LogP contribution in [0.15, 0.2) is 6.33 Å². The summed E-state index contributed by atoms with van der Waals surface area (Å²) >= 11 is 0. The molecule has 80 valence electrons. The fourth-order valence-electron chi connectivity index (χ4n) is 1.59. The minimum atomic E-state index is -0.116. The number of rotatable bonds is 4. The monoisotopic (exact) mass is 196 g/mol. The lowest BCUT2D eigenvalue weighted by molar-refractivity contribution is 0.363. The van der Waals surface area contributed by atoms with Gasteiger partial charge in [-0.05, 0) is 34.2 Å². The highest BCUT2D eigenvalue weighted by Crippen LogP contribution is 2.19. The number of hydrogen-bond acceptors (Lipinski definition) is 3. The third kappa shape index (κ3) is 2.12. The van der Waals surface area contributed by atoms with Crippen LogP contribution in [0.1, 0.15) is 46.5 Å². The van der Waals surface area contributed by atoms with Crippen LogP contribution >= 0.6 is 0 Å². The molecule has 14 heavy (non-hydrogen) atoms. The van der Waals surface area contributed by atoms with Gasteiger partial charge < -0.3 is 9.88 Å². The van der Waals surface area contributed by atoms with E-state index in [2.05, 4.69) is 54.7 Å². The molecule has 0 atom stereocenters. The van der Waals surface area contributed by atoms with Crippen LogP contribution in [0, 0.1) is 0 Å². The minimum absolute atomic E-state index is 0.116. The van der Waals surface area contributed by atoms with Crippen molar-refractivity contribution in [3.63, 3.8) is 0 Å². The standard InChI is InChI=1S/C10H20N4/c1-6-11-10(4,5)9-13-12-7-14(9)8(2)3/h7-8,11H,6H2,1-5H3. The molecule has 0 saturated heterocycles. The van der Waals surface area contributed by atoms with Gasteiger partial charge in [0.2, 0.25) is 0 Å². The van der Waals surface area contributed by atoms with E-state index in [1.165, 1.54) is 0 Å². The summed E-state index contributed by atoms with van der Waals surface area (Å²) in [6.45, 7) is 11.5. The van der Waals surface area contributed by atoms with Gasteiger partial charge in [0.15, 0.2) is 5.82 Å². The van der Waals surface area contributed by atoms with Crippen molar-refractivity contribution in [1.82, 2.24) is 20.1 Å². The topological polar surface area (TPSA) is 42.7 Å². The molecule has 0 radical (unpaired) electrons. The molecule has 1 N–H and O–H groups in total. The van der Waals surface area contributed by atoms with Crippen LogP contribution in [0.25, 0.3) is 0 Å². The molecule has 1 heterocycles. The lowest BCUT2D eigenvalue weighted by atomic mass is 10.0. The zero-order chi connectivity index (χ0) is 10.8. The van der Waals surface area contributed by atoms with E-state index in [0.29, 0.717) is 6.04 Å². The average molecular weight is 196 g/mol. The first-order valence-electron chi connectivity index (χ1n) is 5.14. The lowest BCUT2D eigenvalue weighted by Crippen LogP contribution is -2.39. The molecule has 0 aliphatic carbocycles. The second-order valence-corrected chi connectivity index (χ2v) is 4.31. The lowest BCUT2D eigenvalue weighted by Gasteiger charge is -2.26. The third-order valence-corrected chi connectivity index (χ3v) is 2.31. The molecule has 4 heteroatoms. The van der Waals surface area contributed by atoms with Crippen LogP contribution in [0.5, 0.6) is 0 Å². The van der Waals surface area contributed by atoms with E-state index in [-0.39, 0.29) is 5.54 Å². The van der Waals surface area contributed by atoms with Gasteiger partial charge in [0.05, 0.1) is 5.54 Å². The maximum atomic E-state index is 4.18. The molecule has 0 amide bonds. The molecule has 0 aromatic carbocycles. The summed E-state index contributed by atoms with van der Waals surface area (Å²) in [5.41, 5.74) is -0.116. The molecular formula is C10H20N4. The average Bonchev–Trinajstić information content (AvgIpc) is 2.51. The summed E-state index contributed by atoms with van der Waals surface area (Å²) in [6.07, 6.45) is 1.79. The fourth-order valence-corrected chi connectivity index (χ4v) is 1.59. The first-order chi connectivity index (χ1) is 6.49. The summed E-state index contributed by atoms with van der Waals surface area (Å²) in [5, 5.41) is 11.5. The van der Waals surface area contributed by atoms with Gasteiger partial charge in [0, 0.05) is 6.04 Å². The van der Waals surface area contributed by atoms with Crippen molar-refractivity contribution in [3.8, 4) is 0 Å². The van der Waals surface area contributed by atoms with Crippen molar-refractivity contribution in [2.24, 2.45) is 0 Å². The Labute approximate surface area is 85.7 Å². The van der Waals surface area contributed by atoms with Crippen molar-refractivity contribution in [1.29, 1.82) is 0 Å². The van der Waals surface area contributed by atoms with Crippen LogP contribution in [0.4, 0.5) is 0 Å². The van der Waals surface area contributed by atoms with Gasteiger partial charge in [0.1, 0.15) is 6.33 Å². The zero-order valence-electron chi connectivity index (χ0n) is 9.70. The molecule has 1 aromatic rings. The minimum Gasteiger partial charge on any atom is -0.313 e. The van der Waals surface area contributed by atoms with Crippen molar-refractivity contribution in [3.05, 3.63) is 12.2 Å². The summed E-state index contributed by atoms with van der Waals surface area (Å²) < 4.78 is 2.10. The van der Waals surface area contributed by atoms with Crippen molar-refractivity contribution in [2.45, 2.75) is 46.2 Å². The Balaban J connectivity index is 2.99. The van der Waals surface area contributed by atoms with Gasteiger partial charge in [-0.3, -0.25) is 0 Å². The smallest absolute Gasteiger partial charge is 0.152 e. The molecule has 0 saturated carbocycles. The predicted octanol–water partition coefficient (Wildman–Crippen LogP) is 1.70. The Morgan fingerprint density at radius 2 is 2.14 bits per heavy atom. The number of hydrogen-bond donors (Lipinski definition) is 1. The molecular weight excluding hydrogens is 176 g/mol. The van der Waals surface area contributed by atoms with Crippen LogP contribution < -0.4 is 5.32 Å². The van der Waals surface area contributed by atoms with Crippen LogP contribution in [0.2, 0.25) is 0 Å². The van der Waals surface area contributed by atoms with E-state index in [0.717, 1.165) is 12.4 Å². The largest absolute Gasteiger partial charge is 0.313 e. The second kappa shape index (κ2) is 4.09. The Morgan fingerprint density at radius 1 is 1.50 bits per heavy atom. The highest BCUT2D eigenvalue weighted by atomic mass is 15.3. The van der Waals surface area contributed by atoms with Gasteiger partial charge in [0.25, 0.3) is 0 Å². The molecule has 0 unspecified atom stereocenters. The maximum Gasteiger partial charge on any atom is 0.152 e. The summed E-state index contributed by atoms with van der Waals surface area (Å²) in [4.78, 5) is 0. The van der Waals surface area contributed by atoms with Gasteiger partial charge in [-0.25, -0.2) is 0 Å². The van der Waals surface area contributed by atoms with Gasteiger partial charge in [-0.2, -0.15) is 0 Å². The van der Waals surface area contributed by atoms with Crippen LogP contribution in [-0.2, 0) is 5.54 Å². The van der Waals surface area contributed by atoms with E-state index in [1.807, 2.05) is 0 Å². The first kappa shape index (κ1) is 11.2. The molecule has 0 spiro atoms. The molecule has 0 aliphatic heterocycles. The van der Waals surface area contributed by atoms with E-state index in [4.69, 9.17) is 0 Å². The Bertz CT molecular complexity index is 288. The SMILES string of the molecule is CCNC(C)(C)c1nncn1C(C)C. The molecule has 1 rings (SSSR count). The number of nitrogens with one attached hydrogen (secondary N) is 1. The molecule has 0 fully saturated rings. The second-order valence-electron chi connectivity index (χ2n) is 4.31.